The van der Waals surface area contributed by atoms with Crippen LogP contribution in [0, 0.1) is 0 Å². The van der Waals surface area contributed by atoms with E-state index >= 15 is 0 Å². The minimum atomic E-state index is -0.243. The van der Waals surface area contributed by atoms with Gasteiger partial charge >= 0.3 is 0 Å². The fraction of sp³-hybridized carbons (Fsp3) is 1.00. The van der Waals surface area contributed by atoms with Crippen molar-refractivity contribution in [3.63, 3.8) is 0 Å². The molecule has 0 bridgehead atoms. The minimum absolute atomic E-state index is 0.0822. The van der Waals surface area contributed by atoms with Crippen molar-refractivity contribution in [1.29, 1.82) is 0 Å². The van der Waals surface area contributed by atoms with Gasteiger partial charge in [0.2, 0.25) is 0 Å². The lowest BCUT2D eigenvalue weighted by Gasteiger charge is -2.43. The van der Waals surface area contributed by atoms with Crippen LogP contribution >= 0.6 is 11.8 Å². The maximum absolute atomic E-state index is 6.42. The van der Waals surface area contributed by atoms with Crippen LogP contribution in [-0.4, -0.2) is 55.2 Å². The van der Waals surface area contributed by atoms with Gasteiger partial charge in [-0.05, 0) is 31.4 Å². The highest BCUT2D eigenvalue weighted by Crippen LogP contribution is 2.40. The summed E-state index contributed by atoms with van der Waals surface area (Å²) in [6.07, 6.45) is 5.57. The molecule has 3 atom stereocenters. The molecular weight excluding hydrogens is 262 g/mol. The van der Waals surface area contributed by atoms with E-state index in [1.165, 1.54) is 12.2 Å². The smallest absolute Gasteiger partial charge is 0.104 e. The number of ether oxygens (including phenoxy) is 3. The first-order valence-corrected chi connectivity index (χ1v) is 8.59. The second kappa shape index (κ2) is 5.90. The molecule has 3 aliphatic rings. The largest absolute Gasteiger partial charge is 0.378 e. The third-order valence-electron chi connectivity index (χ3n) is 4.59. The molecule has 3 fully saturated rings. The van der Waals surface area contributed by atoms with Crippen molar-refractivity contribution >= 4 is 11.8 Å². The molecule has 0 amide bonds. The van der Waals surface area contributed by atoms with Crippen LogP contribution in [0.1, 0.15) is 32.1 Å². The summed E-state index contributed by atoms with van der Waals surface area (Å²) in [5.41, 5.74) is 5.80. The summed E-state index contributed by atoms with van der Waals surface area (Å²) in [7, 11) is 0. The van der Waals surface area contributed by atoms with E-state index in [0.717, 1.165) is 44.6 Å². The molecule has 110 valence electrons. The molecule has 1 spiro atoms. The summed E-state index contributed by atoms with van der Waals surface area (Å²) in [4.78, 5) is 0. The summed E-state index contributed by atoms with van der Waals surface area (Å²) in [5.74, 6) is 2.34. The van der Waals surface area contributed by atoms with E-state index in [-0.39, 0.29) is 17.3 Å². The number of hydrogen-bond donors (Lipinski definition) is 1. The van der Waals surface area contributed by atoms with Crippen molar-refractivity contribution < 1.29 is 14.2 Å². The molecule has 0 aromatic heterocycles. The first kappa shape index (κ1) is 14.1. The van der Waals surface area contributed by atoms with Gasteiger partial charge in [0.25, 0.3) is 0 Å². The molecule has 5 heteroatoms. The zero-order valence-electron chi connectivity index (χ0n) is 11.6. The normalized spacial score (nSPS) is 43.7. The molecule has 0 aromatic rings. The van der Waals surface area contributed by atoms with E-state index in [1.807, 2.05) is 11.8 Å². The minimum Gasteiger partial charge on any atom is -0.378 e. The lowest BCUT2D eigenvalue weighted by molar-refractivity contribution is -0.194. The van der Waals surface area contributed by atoms with Crippen LogP contribution < -0.4 is 5.73 Å². The predicted octanol–water partition coefficient (Wildman–Crippen LogP) is 1.57. The van der Waals surface area contributed by atoms with Crippen molar-refractivity contribution in [3.05, 3.63) is 0 Å². The first-order valence-electron chi connectivity index (χ1n) is 7.43. The number of rotatable bonds is 3. The van der Waals surface area contributed by atoms with Gasteiger partial charge in [-0.3, -0.25) is 0 Å². The SMILES string of the molecule is NCC1(OC2CCOC3(CCSC3)C2)CCCOC1. The van der Waals surface area contributed by atoms with Crippen molar-refractivity contribution in [2.45, 2.75) is 49.4 Å². The molecule has 19 heavy (non-hydrogen) atoms. The van der Waals surface area contributed by atoms with Crippen LogP contribution in [-0.2, 0) is 14.2 Å². The van der Waals surface area contributed by atoms with Crippen LogP contribution in [0.4, 0.5) is 0 Å². The van der Waals surface area contributed by atoms with E-state index in [2.05, 4.69) is 0 Å². The topological polar surface area (TPSA) is 53.7 Å². The van der Waals surface area contributed by atoms with E-state index in [0.29, 0.717) is 13.2 Å². The zero-order valence-corrected chi connectivity index (χ0v) is 12.4. The fourth-order valence-corrected chi connectivity index (χ4v) is 4.81. The molecule has 3 rings (SSSR count). The Morgan fingerprint density at radius 1 is 1.32 bits per heavy atom. The Morgan fingerprint density at radius 3 is 2.95 bits per heavy atom. The summed E-state index contributed by atoms with van der Waals surface area (Å²) in [6, 6.07) is 0. The summed E-state index contributed by atoms with van der Waals surface area (Å²) >= 11 is 2.00. The highest BCUT2D eigenvalue weighted by atomic mass is 32.2. The Balaban J connectivity index is 1.61. The van der Waals surface area contributed by atoms with Gasteiger partial charge in [-0.2, -0.15) is 11.8 Å². The molecule has 0 radical (unpaired) electrons. The number of nitrogens with two attached hydrogens (primary N) is 1. The Hall–Kier alpha value is 0.190. The van der Waals surface area contributed by atoms with Crippen LogP contribution in [0.15, 0.2) is 0 Å². The Labute approximate surface area is 119 Å². The highest BCUT2D eigenvalue weighted by molar-refractivity contribution is 7.99. The Bertz CT molecular complexity index is 301. The predicted molar refractivity (Wildman–Crippen MR) is 76.6 cm³/mol. The molecule has 2 N–H and O–H groups in total. The van der Waals surface area contributed by atoms with Gasteiger partial charge in [-0.1, -0.05) is 0 Å². The van der Waals surface area contributed by atoms with Crippen LogP contribution in [0.25, 0.3) is 0 Å². The van der Waals surface area contributed by atoms with Crippen molar-refractivity contribution in [1.82, 2.24) is 0 Å². The molecule has 3 saturated heterocycles. The fourth-order valence-electron chi connectivity index (χ4n) is 3.43. The molecule has 3 aliphatic heterocycles. The summed E-state index contributed by atoms with van der Waals surface area (Å²) in [5, 5.41) is 0. The second-order valence-electron chi connectivity index (χ2n) is 6.11. The third-order valence-corrected chi connectivity index (χ3v) is 5.81. The summed E-state index contributed by atoms with van der Waals surface area (Å²) in [6.45, 7) is 2.89. The van der Waals surface area contributed by atoms with Gasteiger partial charge in [-0.15, -0.1) is 0 Å². The molecule has 3 heterocycles. The highest BCUT2D eigenvalue weighted by Gasteiger charge is 2.44. The van der Waals surface area contributed by atoms with Gasteiger partial charge < -0.3 is 19.9 Å². The van der Waals surface area contributed by atoms with Crippen molar-refractivity contribution in [2.75, 3.05) is 37.9 Å². The van der Waals surface area contributed by atoms with Gasteiger partial charge in [0.05, 0.1) is 18.3 Å². The van der Waals surface area contributed by atoms with E-state index < -0.39 is 0 Å². The van der Waals surface area contributed by atoms with Crippen LogP contribution in [0.5, 0.6) is 0 Å². The Morgan fingerprint density at radius 2 is 2.26 bits per heavy atom. The molecule has 0 aromatic carbocycles. The maximum atomic E-state index is 6.42. The number of thioether (sulfide) groups is 1. The van der Waals surface area contributed by atoms with Gasteiger partial charge in [0, 0.05) is 31.9 Å². The maximum Gasteiger partial charge on any atom is 0.104 e. The van der Waals surface area contributed by atoms with Gasteiger partial charge in [-0.25, -0.2) is 0 Å². The van der Waals surface area contributed by atoms with Crippen molar-refractivity contribution in [2.24, 2.45) is 5.73 Å². The standard InChI is InChI=1S/C14H25NO3S/c15-9-14(3-1-5-16-10-14)18-12-2-6-17-13(8-12)4-7-19-11-13/h12H,1-11,15H2. The van der Waals surface area contributed by atoms with Gasteiger partial charge in [0.1, 0.15) is 5.60 Å². The third kappa shape index (κ3) is 3.10. The summed E-state index contributed by atoms with van der Waals surface area (Å²) < 4.78 is 18.1. The molecule has 4 nitrogen and oxygen atoms in total. The average molecular weight is 287 g/mol. The van der Waals surface area contributed by atoms with Crippen LogP contribution in [0.2, 0.25) is 0 Å². The Kier molecular flexibility index (Phi) is 4.39. The molecule has 0 aliphatic carbocycles. The monoisotopic (exact) mass is 287 g/mol. The first-order chi connectivity index (χ1) is 9.26. The lowest BCUT2D eigenvalue weighted by atomic mass is 9.90. The van der Waals surface area contributed by atoms with Crippen molar-refractivity contribution in [3.8, 4) is 0 Å². The quantitative estimate of drug-likeness (QED) is 0.854. The molecule has 3 unspecified atom stereocenters. The number of hydrogen-bond acceptors (Lipinski definition) is 5. The van der Waals surface area contributed by atoms with E-state index in [1.54, 1.807) is 0 Å². The van der Waals surface area contributed by atoms with Crippen LogP contribution in [0.3, 0.4) is 0 Å². The van der Waals surface area contributed by atoms with E-state index in [9.17, 15) is 0 Å². The second-order valence-corrected chi connectivity index (χ2v) is 7.22. The average Bonchev–Trinajstić information content (AvgIpc) is 2.88. The van der Waals surface area contributed by atoms with E-state index in [4.69, 9.17) is 19.9 Å². The molecular formula is C14H25NO3S. The lowest BCUT2D eigenvalue weighted by Crippen LogP contribution is -2.53. The molecule has 0 saturated carbocycles. The zero-order chi connectivity index (χ0) is 13.2. The van der Waals surface area contributed by atoms with Gasteiger partial charge in [0.15, 0.2) is 0 Å².